The second-order valence-electron chi connectivity index (χ2n) is 5.80. The first-order valence-electron chi connectivity index (χ1n) is 7.15. The monoisotopic (exact) mass is 277 g/mol. The lowest BCUT2D eigenvalue weighted by Crippen LogP contribution is -2.35. The highest BCUT2D eigenvalue weighted by Gasteiger charge is 2.27. The molecule has 0 saturated carbocycles. The Morgan fingerprint density at radius 2 is 2.10 bits per heavy atom. The Hall–Kier alpha value is -1.55. The molecule has 1 aliphatic rings. The van der Waals surface area contributed by atoms with Gasteiger partial charge in [-0.1, -0.05) is 25.5 Å². The van der Waals surface area contributed by atoms with Crippen molar-refractivity contribution in [3.8, 4) is 5.75 Å². The number of fused-ring (bicyclic) bond motifs is 1. The second kappa shape index (κ2) is 5.83. The van der Waals surface area contributed by atoms with Crippen molar-refractivity contribution in [1.82, 2.24) is 5.32 Å². The molecule has 1 aromatic carbocycles. The van der Waals surface area contributed by atoms with Crippen molar-refractivity contribution in [3.63, 3.8) is 0 Å². The van der Waals surface area contributed by atoms with Gasteiger partial charge >= 0.3 is 0 Å². The smallest absolute Gasteiger partial charge is 0.223 e. The summed E-state index contributed by atoms with van der Waals surface area (Å²) in [5, 5.41) is 13.0. The molecule has 20 heavy (non-hydrogen) atoms. The Morgan fingerprint density at radius 3 is 2.70 bits per heavy atom. The van der Waals surface area contributed by atoms with Crippen LogP contribution in [0.5, 0.6) is 5.75 Å². The Bertz CT molecular complexity index is 509. The molecule has 2 atom stereocenters. The van der Waals surface area contributed by atoms with Crippen molar-refractivity contribution in [2.45, 2.75) is 46.3 Å². The van der Waals surface area contributed by atoms with E-state index in [0.717, 1.165) is 28.9 Å². The number of carbonyl (C=O) groups is 1. The average molecular weight is 277 g/mol. The molecular formula is C16H23NO3. The lowest BCUT2D eigenvalue weighted by molar-refractivity contribution is -0.124. The first-order valence-corrected chi connectivity index (χ1v) is 7.15. The lowest BCUT2D eigenvalue weighted by atomic mass is 9.93. The van der Waals surface area contributed by atoms with Gasteiger partial charge in [-0.2, -0.15) is 0 Å². The molecular weight excluding hydrogens is 254 g/mol. The van der Waals surface area contributed by atoms with Gasteiger partial charge in [0.1, 0.15) is 5.75 Å². The molecule has 1 aromatic rings. The van der Waals surface area contributed by atoms with Gasteiger partial charge < -0.3 is 15.2 Å². The normalized spacial score (nSPS) is 19.2. The molecule has 1 heterocycles. The average Bonchev–Trinajstić information content (AvgIpc) is 2.38. The number of nitrogens with one attached hydrogen (secondary N) is 1. The molecule has 0 fully saturated rings. The topological polar surface area (TPSA) is 58.6 Å². The quantitative estimate of drug-likeness (QED) is 0.893. The van der Waals surface area contributed by atoms with Crippen LogP contribution in [0.3, 0.4) is 0 Å². The van der Waals surface area contributed by atoms with Gasteiger partial charge in [0.2, 0.25) is 5.91 Å². The fraction of sp³-hybridized carbons (Fsp3) is 0.562. The number of carbonyl (C=O) groups excluding carboxylic acids is 1. The van der Waals surface area contributed by atoms with E-state index in [1.807, 2.05) is 32.9 Å². The first-order chi connectivity index (χ1) is 9.40. The highest BCUT2D eigenvalue weighted by Crippen LogP contribution is 2.38. The summed E-state index contributed by atoms with van der Waals surface area (Å²) in [6.07, 6.45) is 0.178. The number of aryl methyl sites for hydroxylation is 1. The molecule has 2 rings (SSSR count). The van der Waals surface area contributed by atoms with E-state index in [2.05, 4.69) is 5.32 Å². The molecule has 4 nitrogen and oxygen atoms in total. The predicted octanol–water partition coefficient (Wildman–Crippen LogP) is 2.64. The summed E-state index contributed by atoms with van der Waals surface area (Å²) in [7, 11) is 0. The predicted molar refractivity (Wildman–Crippen MR) is 77.6 cm³/mol. The van der Waals surface area contributed by atoms with Gasteiger partial charge in [0.15, 0.2) is 0 Å². The summed E-state index contributed by atoms with van der Waals surface area (Å²) in [5.41, 5.74) is 2.83. The number of benzene rings is 1. The fourth-order valence-corrected chi connectivity index (χ4v) is 2.49. The van der Waals surface area contributed by atoms with E-state index in [9.17, 15) is 9.90 Å². The summed E-state index contributed by atoms with van der Waals surface area (Å²) in [6, 6.07) is 3.94. The van der Waals surface area contributed by atoms with Gasteiger partial charge in [-0.25, -0.2) is 0 Å². The van der Waals surface area contributed by atoms with Gasteiger partial charge in [0.25, 0.3) is 0 Å². The third kappa shape index (κ3) is 2.96. The van der Waals surface area contributed by atoms with E-state index < -0.39 is 6.10 Å². The Morgan fingerprint density at radius 1 is 1.40 bits per heavy atom. The standard InChI is InChI=1S/C16H23NO3/c1-9(2)16(19)17-14-5-6-20-15-12(11(4)18)7-10(3)8-13(14)15/h7-9,11,14,18H,5-6H2,1-4H3,(H,17,19). The van der Waals surface area contributed by atoms with Crippen LogP contribution >= 0.6 is 0 Å². The van der Waals surface area contributed by atoms with E-state index in [1.54, 1.807) is 6.92 Å². The van der Waals surface area contributed by atoms with E-state index >= 15 is 0 Å². The molecule has 110 valence electrons. The molecule has 0 spiro atoms. The van der Waals surface area contributed by atoms with Crippen LogP contribution in [0.1, 0.15) is 56.0 Å². The largest absolute Gasteiger partial charge is 0.493 e. The van der Waals surface area contributed by atoms with E-state index in [1.165, 1.54) is 0 Å². The summed E-state index contributed by atoms with van der Waals surface area (Å²) >= 11 is 0. The summed E-state index contributed by atoms with van der Waals surface area (Å²) in [5.74, 6) is 0.733. The van der Waals surface area contributed by atoms with Crippen molar-refractivity contribution in [1.29, 1.82) is 0 Å². The number of hydrogen-bond donors (Lipinski definition) is 2. The van der Waals surface area contributed by atoms with Crippen LogP contribution in [-0.4, -0.2) is 17.6 Å². The van der Waals surface area contributed by atoms with E-state index in [-0.39, 0.29) is 17.9 Å². The summed E-state index contributed by atoms with van der Waals surface area (Å²) < 4.78 is 5.73. The molecule has 0 aliphatic carbocycles. The third-order valence-electron chi connectivity index (χ3n) is 3.61. The second-order valence-corrected chi connectivity index (χ2v) is 5.80. The molecule has 0 bridgehead atoms. The van der Waals surface area contributed by atoms with Crippen LogP contribution in [0.15, 0.2) is 12.1 Å². The molecule has 2 unspecified atom stereocenters. The van der Waals surface area contributed by atoms with Crippen LogP contribution in [0.2, 0.25) is 0 Å². The van der Waals surface area contributed by atoms with Crippen LogP contribution in [0, 0.1) is 12.8 Å². The van der Waals surface area contributed by atoms with Crippen molar-refractivity contribution < 1.29 is 14.6 Å². The minimum atomic E-state index is -0.580. The van der Waals surface area contributed by atoms with Crippen molar-refractivity contribution in [3.05, 3.63) is 28.8 Å². The van der Waals surface area contributed by atoms with Crippen LogP contribution in [0.4, 0.5) is 0 Å². The number of hydrogen-bond acceptors (Lipinski definition) is 3. The van der Waals surface area contributed by atoms with E-state index in [0.29, 0.717) is 6.61 Å². The fourth-order valence-electron chi connectivity index (χ4n) is 2.49. The summed E-state index contributed by atoms with van der Waals surface area (Å²) in [4.78, 5) is 11.9. The molecule has 1 amide bonds. The van der Waals surface area contributed by atoms with Crippen LogP contribution in [0.25, 0.3) is 0 Å². The van der Waals surface area contributed by atoms with Crippen molar-refractivity contribution >= 4 is 5.91 Å². The number of aliphatic hydroxyl groups is 1. The maximum atomic E-state index is 11.9. The van der Waals surface area contributed by atoms with Gasteiger partial charge in [-0.05, 0) is 19.9 Å². The number of aliphatic hydroxyl groups excluding tert-OH is 1. The molecule has 0 saturated heterocycles. The van der Waals surface area contributed by atoms with Crippen LogP contribution < -0.4 is 10.1 Å². The van der Waals surface area contributed by atoms with Gasteiger partial charge in [0, 0.05) is 23.5 Å². The first kappa shape index (κ1) is 14.9. The van der Waals surface area contributed by atoms with Crippen molar-refractivity contribution in [2.75, 3.05) is 6.61 Å². The zero-order chi connectivity index (χ0) is 14.9. The SMILES string of the molecule is Cc1cc(C(C)O)c2c(c1)C(NC(=O)C(C)C)CCO2. The van der Waals surface area contributed by atoms with Crippen molar-refractivity contribution in [2.24, 2.45) is 5.92 Å². The minimum Gasteiger partial charge on any atom is -0.493 e. The maximum Gasteiger partial charge on any atom is 0.223 e. The number of rotatable bonds is 3. The number of ether oxygens (including phenoxy) is 1. The molecule has 0 radical (unpaired) electrons. The number of amides is 1. The van der Waals surface area contributed by atoms with Gasteiger partial charge in [-0.3, -0.25) is 4.79 Å². The zero-order valence-electron chi connectivity index (χ0n) is 12.6. The lowest BCUT2D eigenvalue weighted by Gasteiger charge is -2.30. The maximum absolute atomic E-state index is 11.9. The van der Waals surface area contributed by atoms with Crippen LogP contribution in [-0.2, 0) is 4.79 Å². The molecule has 0 aromatic heterocycles. The Kier molecular flexibility index (Phi) is 4.33. The highest BCUT2D eigenvalue weighted by atomic mass is 16.5. The molecule has 1 aliphatic heterocycles. The van der Waals surface area contributed by atoms with E-state index in [4.69, 9.17) is 4.74 Å². The Labute approximate surface area is 120 Å². The highest BCUT2D eigenvalue weighted by molar-refractivity contribution is 5.78. The summed E-state index contributed by atoms with van der Waals surface area (Å²) in [6.45, 7) is 8.04. The molecule has 2 N–H and O–H groups in total. The third-order valence-corrected chi connectivity index (χ3v) is 3.61. The zero-order valence-corrected chi connectivity index (χ0v) is 12.6. The minimum absolute atomic E-state index is 0.0361. The Balaban J connectivity index is 2.37. The van der Waals surface area contributed by atoms with Gasteiger partial charge in [-0.15, -0.1) is 0 Å². The van der Waals surface area contributed by atoms with Gasteiger partial charge in [0.05, 0.1) is 18.8 Å². The molecule has 4 heteroatoms.